The highest BCUT2D eigenvalue weighted by molar-refractivity contribution is 5.86. The van der Waals surface area contributed by atoms with Gasteiger partial charge in [-0.1, -0.05) is 12.8 Å². The quantitative estimate of drug-likeness (QED) is 0.557. The Balaban J connectivity index is 1.96. The molecule has 0 atom stereocenters. The maximum atomic E-state index is 12.7. The van der Waals surface area contributed by atoms with Crippen molar-refractivity contribution in [3.05, 3.63) is 23.8 Å². The van der Waals surface area contributed by atoms with Crippen LogP contribution >= 0.6 is 0 Å². The zero-order valence-electron chi connectivity index (χ0n) is 17.9. The number of nitrogens with one attached hydrogen (secondary N) is 2. The van der Waals surface area contributed by atoms with Crippen molar-refractivity contribution in [1.82, 2.24) is 15.5 Å². The summed E-state index contributed by atoms with van der Waals surface area (Å²) in [7, 11) is 4.32. The monoisotopic (exact) mass is 421 g/mol. The van der Waals surface area contributed by atoms with Crippen molar-refractivity contribution in [2.24, 2.45) is 5.92 Å². The Hall–Kier alpha value is -2.97. The van der Waals surface area contributed by atoms with Crippen LogP contribution in [-0.4, -0.2) is 63.8 Å². The Bertz CT molecular complexity index is 711. The Morgan fingerprint density at radius 1 is 1.00 bits per heavy atom. The molecule has 0 heterocycles. The van der Waals surface area contributed by atoms with E-state index in [1.54, 1.807) is 18.2 Å². The lowest BCUT2D eigenvalue weighted by molar-refractivity contribution is -0.147. The van der Waals surface area contributed by atoms with Gasteiger partial charge in [0, 0.05) is 19.2 Å². The van der Waals surface area contributed by atoms with Crippen LogP contribution in [0.15, 0.2) is 18.2 Å². The molecule has 0 saturated heterocycles. The average Bonchev–Trinajstić information content (AvgIpc) is 3.28. The summed E-state index contributed by atoms with van der Waals surface area (Å²) in [5.74, 6) is 0.686. The molecule has 0 aliphatic heterocycles. The number of nitrogens with zero attached hydrogens (tertiary/aromatic N) is 1. The second-order valence-electron chi connectivity index (χ2n) is 7.26. The van der Waals surface area contributed by atoms with Gasteiger partial charge in [0.05, 0.1) is 27.9 Å². The Labute approximate surface area is 177 Å². The van der Waals surface area contributed by atoms with Gasteiger partial charge in [0.1, 0.15) is 18.0 Å². The van der Waals surface area contributed by atoms with Crippen LogP contribution in [0.3, 0.4) is 0 Å². The summed E-state index contributed by atoms with van der Waals surface area (Å²) in [4.78, 5) is 37.8. The number of urea groups is 1. The second-order valence-corrected chi connectivity index (χ2v) is 7.26. The molecule has 0 unspecified atom stereocenters. The molecular formula is C21H31N3O6. The van der Waals surface area contributed by atoms with Crippen LogP contribution in [0.4, 0.5) is 4.79 Å². The van der Waals surface area contributed by atoms with Gasteiger partial charge in [-0.25, -0.2) is 4.79 Å². The van der Waals surface area contributed by atoms with E-state index in [1.807, 2.05) is 0 Å². The molecule has 2 N–H and O–H groups in total. The summed E-state index contributed by atoms with van der Waals surface area (Å²) in [6.07, 6.45) is 4.64. The van der Waals surface area contributed by atoms with Gasteiger partial charge in [0.2, 0.25) is 5.91 Å². The molecule has 1 aliphatic rings. The number of carbonyl (C=O) groups is 3. The Morgan fingerprint density at radius 3 is 2.20 bits per heavy atom. The molecule has 1 saturated carbocycles. The predicted molar refractivity (Wildman–Crippen MR) is 110 cm³/mol. The average molecular weight is 421 g/mol. The number of carbonyl (C=O) groups excluding carboxylic acids is 3. The first-order valence-corrected chi connectivity index (χ1v) is 10.0. The van der Waals surface area contributed by atoms with Crippen molar-refractivity contribution in [3.63, 3.8) is 0 Å². The first kappa shape index (κ1) is 23.3. The summed E-state index contributed by atoms with van der Waals surface area (Å²) >= 11 is 0. The predicted octanol–water partition coefficient (Wildman–Crippen LogP) is 1.69. The van der Waals surface area contributed by atoms with E-state index in [0.29, 0.717) is 29.5 Å². The van der Waals surface area contributed by atoms with Crippen LogP contribution in [0.2, 0.25) is 0 Å². The molecule has 9 nitrogen and oxygen atoms in total. The first-order valence-electron chi connectivity index (χ1n) is 10.0. The molecule has 1 aliphatic carbocycles. The third-order valence-corrected chi connectivity index (χ3v) is 5.11. The smallest absolute Gasteiger partial charge is 0.325 e. The Morgan fingerprint density at radius 2 is 1.63 bits per heavy atom. The summed E-state index contributed by atoms with van der Waals surface area (Å²) in [6, 6.07) is 4.83. The van der Waals surface area contributed by atoms with E-state index in [2.05, 4.69) is 10.6 Å². The third kappa shape index (κ3) is 7.46. The van der Waals surface area contributed by atoms with Gasteiger partial charge in [-0.15, -0.1) is 0 Å². The van der Waals surface area contributed by atoms with E-state index in [9.17, 15) is 14.4 Å². The van der Waals surface area contributed by atoms with Crippen molar-refractivity contribution < 1.29 is 28.6 Å². The van der Waals surface area contributed by atoms with E-state index in [0.717, 1.165) is 12.8 Å². The zero-order valence-corrected chi connectivity index (χ0v) is 17.9. The standard InChI is InChI=1S/C21H31N3O6/c1-28-17-8-16(9-18(10-17)29-2)13-24(14-20(26)30-3)19(25)12-23-21(27)22-11-15-6-4-5-7-15/h8-10,15H,4-7,11-14H2,1-3H3,(H2,22,23,27). The van der Waals surface area contributed by atoms with Gasteiger partial charge in [-0.2, -0.15) is 0 Å². The second kappa shape index (κ2) is 11.9. The van der Waals surface area contributed by atoms with Gasteiger partial charge < -0.3 is 29.7 Å². The topological polar surface area (TPSA) is 106 Å². The molecule has 2 rings (SSSR count). The highest BCUT2D eigenvalue weighted by Crippen LogP contribution is 2.24. The van der Waals surface area contributed by atoms with Crippen molar-refractivity contribution in [2.75, 3.05) is 41.0 Å². The molecule has 1 aromatic carbocycles. The van der Waals surface area contributed by atoms with Crippen LogP contribution in [0.5, 0.6) is 11.5 Å². The van der Waals surface area contributed by atoms with E-state index < -0.39 is 17.9 Å². The maximum Gasteiger partial charge on any atom is 0.325 e. The van der Waals surface area contributed by atoms with Gasteiger partial charge in [0.25, 0.3) is 0 Å². The SMILES string of the molecule is COC(=O)CN(Cc1cc(OC)cc(OC)c1)C(=O)CNC(=O)NCC1CCCC1. The number of benzene rings is 1. The lowest BCUT2D eigenvalue weighted by Crippen LogP contribution is -2.45. The minimum atomic E-state index is -0.552. The largest absolute Gasteiger partial charge is 0.497 e. The molecule has 166 valence electrons. The van der Waals surface area contributed by atoms with Crippen molar-refractivity contribution in [2.45, 2.75) is 32.2 Å². The minimum Gasteiger partial charge on any atom is -0.497 e. The first-order chi connectivity index (χ1) is 14.4. The lowest BCUT2D eigenvalue weighted by atomic mass is 10.1. The van der Waals surface area contributed by atoms with E-state index >= 15 is 0 Å². The molecule has 30 heavy (non-hydrogen) atoms. The maximum absolute atomic E-state index is 12.7. The fourth-order valence-corrected chi connectivity index (χ4v) is 3.41. The summed E-state index contributed by atoms with van der Waals surface area (Å²) in [5, 5.41) is 5.37. The molecule has 0 aromatic heterocycles. The number of esters is 1. The molecule has 1 fully saturated rings. The number of hydrogen-bond donors (Lipinski definition) is 2. The van der Waals surface area contributed by atoms with Crippen LogP contribution in [0.1, 0.15) is 31.2 Å². The molecule has 3 amide bonds. The van der Waals surface area contributed by atoms with Crippen molar-refractivity contribution in [3.8, 4) is 11.5 Å². The van der Waals surface area contributed by atoms with Crippen LogP contribution in [0.25, 0.3) is 0 Å². The van der Waals surface area contributed by atoms with Crippen molar-refractivity contribution >= 4 is 17.9 Å². The molecule has 0 spiro atoms. The van der Waals surface area contributed by atoms with Crippen LogP contribution in [0, 0.1) is 5.92 Å². The molecule has 0 bridgehead atoms. The summed E-state index contributed by atoms with van der Waals surface area (Å²) < 4.78 is 15.2. The Kier molecular flexibility index (Phi) is 9.24. The van der Waals surface area contributed by atoms with Crippen LogP contribution < -0.4 is 20.1 Å². The minimum absolute atomic E-state index is 0.132. The fraction of sp³-hybridized carbons (Fsp3) is 0.571. The molecular weight excluding hydrogens is 390 g/mol. The third-order valence-electron chi connectivity index (χ3n) is 5.11. The van der Waals surface area contributed by atoms with E-state index in [-0.39, 0.29) is 19.6 Å². The van der Waals surface area contributed by atoms with E-state index in [1.165, 1.54) is 39.1 Å². The highest BCUT2D eigenvalue weighted by atomic mass is 16.5. The van der Waals surface area contributed by atoms with Gasteiger partial charge in [-0.05, 0) is 36.5 Å². The number of amides is 3. The number of ether oxygens (including phenoxy) is 3. The number of rotatable bonds is 10. The van der Waals surface area contributed by atoms with Gasteiger partial charge >= 0.3 is 12.0 Å². The van der Waals surface area contributed by atoms with E-state index in [4.69, 9.17) is 14.2 Å². The number of methoxy groups -OCH3 is 3. The molecule has 9 heteroatoms. The highest BCUT2D eigenvalue weighted by Gasteiger charge is 2.20. The lowest BCUT2D eigenvalue weighted by Gasteiger charge is -2.22. The molecule has 1 aromatic rings. The van der Waals surface area contributed by atoms with Gasteiger partial charge in [-0.3, -0.25) is 9.59 Å². The van der Waals surface area contributed by atoms with Crippen LogP contribution in [-0.2, 0) is 20.9 Å². The fourth-order valence-electron chi connectivity index (χ4n) is 3.41. The summed E-state index contributed by atoms with van der Waals surface area (Å²) in [6.45, 7) is 0.275. The zero-order chi connectivity index (χ0) is 21.9. The molecule has 0 radical (unpaired) electrons. The van der Waals surface area contributed by atoms with Gasteiger partial charge in [0.15, 0.2) is 0 Å². The van der Waals surface area contributed by atoms with Crippen molar-refractivity contribution in [1.29, 1.82) is 0 Å². The summed E-state index contributed by atoms with van der Waals surface area (Å²) in [5.41, 5.74) is 0.717. The normalized spacial score (nSPS) is 13.4. The number of hydrogen-bond acceptors (Lipinski definition) is 6.